The highest BCUT2D eigenvalue weighted by Crippen LogP contribution is 2.24. The van der Waals surface area contributed by atoms with E-state index in [2.05, 4.69) is 26.2 Å². The van der Waals surface area contributed by atoms with Gasteiger partial charge in [0.25, 0.3) is 5.91 Å². The number of carbonyl (C=O) groups is 2. The summed E-state index contributed by atoms with van der Waals surface area (Å²) < 4.78 is 13.7. The summed E-state index contributed by atoms with van der Waals surface area (Å²) in [6.07, 6.45) is 1.24. The summed E-state index contributed by atoms with van der Waals surface area (Å²) in [5.41, 5.74) is 0.215. The fourth-order valence-electron chi connectivity index (χ4n) is 1.49. The number of pyridine rings is 1. The van der Waals surface area contributed by atoms with Crippen molar-refractivity contribution in [2.75, 3.05) is 5.32 Å². The van der Waals surface area contributed by atoms with E-state index in [0.717, 1.165) is 0 Å². The molecule has 2 aromatic rings. The van der Waals surface area contributed by atoms with Crippen molar-refractivity contribution in [2.45, 2.75) is 0 Å². The van der Waals surface area contributed by atoms with Crippen LogP contribution in [0.25, 0.3) is 0 Å². The SMILES string of the molecule is O=C(O)c1ccc(NC(=O)c2cccnc2F)c(Br)c1. The van der Waals surface area contributed by atoms with Crippen molar-refractivity contribution in [1.29, 1.82) is 0 Å². The standard InChI is InChI=1S/C13H8BrFN2O3/c14-9-6-7(13(19)20)3-4-10(9)17-12(18)8-2-1-5-16-11(8)15/h1-6H,(H,17,18)(H,19,20). The van der Waals surface area contributed by atoms with Gasteiger partial charge in [-0.2, -0.15) is 4.39 Å². The Morgan fingerprint density at radius 3 is 2.65 bits per heavy atom. The van der Waals surface area contributed by atoms with Crippen molar-refractivity contribution in [3.63, 3.8) is 0 Å². The molecule has 0 saturated heterocycles. The Labute approximate surface area is 121 Å². The Bertz CT molecular complexity index is 691. The number of halogens is 2. The number of anilines is 1. The maximum Gasteiger partial charge on any atom is 0.335 e. The maximum atomic E-state index is 13.4. The highest BCUT2D eigenvalue weighted by atomic mass is 79.9. The molecule has 1 aromatic heterocycles. The summed E-state index contributed by atoms with van der Waals surface area (Å²) in [7, 11) is 0. The number of carboxylic acid groups (broad SMARTS) is 1. The van der Waals surface area contributed by atoms with Crippen LogP contribution in [0.5, 0.6) is 0 Å². The van der Waals surface area contributed by atoms with Crippen LogP contribution in [0.15, 0.2) is 41.0 Å². The Balaban J connectivity index is 2.25. The van der Waals surface area contributed by atoms with Gasteiger partial charge in [-0.05, 0) is 46.3 Å². The van der Waals surface area contributed by atoms with E-state index in [1.807, 2.05) is 0 Å². The Morgan fingerprint density at radius 1 is 1.30 bits per heavy atom. The van der Waals surface area contributed by atoms with E-state index >= 15 is 0 Å². The average molecular weight is 339 g/mol. The second-order valence-electron chi connectivity index (χ2n) is 3.80. The number of carboxylic acids is 1. The van der Waals surface area contributed by atoms with Gasteiger partial charge in [0, 0.05) is 10.7 Å². The molecule has 0 saturated carbocycles. The van der Waals surface area contributed by atoms with Gasteiger partial charge in [-0.25, -0.2) is 9.78 Å². The minimum atomic E-state index is -1.08. The molecule has 2 N–H and O–H groups in total. The quantitative estimate of drug-likeness (QED) is 0.843. The number of aromatic nitrogens is 1. The van der Waals surface area contributed by atoms with E-state index in [9.17, 15) is 14.0 Å². The van der Waals surface area contributed by atoms with Gasteiger partial charge in [0.1, 0.15) is 0 Å². The zero-order chi connectivity index (χ0) is 14.7. The van der Waals surface area contributed by atoms with E-state index in [1.54, 1.807) is 0 Å². The van der Waals surface area contributed by atoms with Crippen LogP contribution < -0.4 is 5.32 Å². The highest BCUT2D eigenvalue weighted by molar-refractivity contribution is 9.10. The van der Waals surface area contributed by atoms with E-state index in [0.29, 0.717) is 10.2 Å². The summed E-state index contributed by atoms with van der Waals surface area (Å²) >= 11 is 3.15. The number of aromatic carboxylic acids is 1. The van der Waals surface area contributed by atoms with Crippen LogP contribution in [0.3, 0.4) is 0 Å². The van der Waals surface area contributed by atoms with E-state index in [1.165, 1.54) is 36.5 Å². The molecular formula is C13H8BrFN2O3. The molecule has 0 aliphatic carbocycles. The van der Waals surface area contributed by atoms with Gasteiger partial charge in [0.15, 0.2) is 0 Å². The van der Waals surface area contributed by atoms with Crippen LogP contribution in [0.2, 0.25) is 0 Å². The molecule has 1 aromatic carbocycles. The molecule has 0 atom stereocenters. The molecule has 102 valence electrons. The number of hydrogen-bond acceptors (Lipinski definition) is 3. The molecule has 5 nitrogen and oxygen atoms in total. The van der Waals surface area contributed by atoms with Crippen LogP contribution in [0.1, 0.15) is 20.7 Å². The highest BCUT2D eigenvalue weighted by Gasteiger charge is 2.14. The molecule has 0 unspecified atom stereocenters. The van der Waals surface area contributed by atoms with Gasteiger partial charge in [-0.1, -0.05) is 0 Å². The van der Waals surface area contributed by atoms with Crippen molar-refractivity contribution in [1.82, 2.24) is 4.98 Å². The first kappa shape index (κ1) is 14.1. The first-order valence-electron chi connectivity index (χ1n) is 5.44. The smallest absolute Gasteiger partial charge is 0.335 e. The Hall–Kier alpha value is -2.28. The number of amides is 1. The number of rotatable bonds is 3. The third kappa shape index (κ3) is 3.00. The zero-order valence-electron chi connectivity index (χ0n) is 9.93. The number of carbonyl (C=O) groups excluding carboxylic acids is 1. The van der Waals surface area contributed by atoms with Crippen LogP contribution in [-0.4, -0.2) is 22.0 Å². The molecule has 0 fully saturated rings. The fraction of sp³-hybridized carbons (Fsp3) is 0. The minimum absolute atomic E-state index is 0.0717. The molecule has 2 rings (SSSR count). The fourth-order valence-corrected chi connectivity index (χ4v) is 1.97. The van der Waals surface area contributed by atoms with Crippen molar-refractivity contribution >= 4 is 33.5 Å². The molecule has 0 aliphatic rings. The third-order valence-electron chi connectivity index (χ3n) is 2.47. The second kappa shape index (κ2) is 5.79. The number of hydrogen-bond donors (Lipinski definition) is 2. The number of nitrogens with zero attached hydrogens (tertiary/aromatic N) is 1. The largest absolute Gasteiger partial charge is 0.478 e. The number of benzene rings is 1. The van der Waals surface area contributed by atoms with Crippen molar-refractivity contribution in [3.8, 4) is 0 Å². The molecule has 0 aliphatic heterocycles. The van der Waals surface area contributed by atoms with Crippen LogP contribution >= 0.6 is 15.9 Å². The predicted octanol–water partition coefficient (Wildman–Crippen LogP) is 2.93. The molecule has 1 heterocycles. The molecule has 0 bridgehead atoms. The van der Waals surface area contributed by atoms with Crippen molar-refractivity contribution in [2.24, 2.45) is 0 Å². The van der Waals surface area contributed by atoms with Gasteiger partial charge in [0.2, 0.25) is 5.95 Å². The van der Waals surface area contributed by atoms with Gasteiger partial charge in [0.05, 0.1) is 16.8 Å². The summed E-state index contributed by atoms with van der Waals surface area (Å²) in [6.45, 7) is 0. The van der Waals surface area contributed by atoms with Crippen LogP contribution in [0, 0.1) is 5.95 Å². The second-order valence-corrected chi connectivity index (χ2v) is 4.65. The maximum absolute atomic E-state index is 13.4. The van der Waals surface area contributed by atoms with Gasteiger partial charge >= 0.3 is 5.97 Å². The monoisotopic (exact) mass is 338 g/mol. The molecule has 1 amide bonds. The minimum Gasteiger partial charge on any atom is -0.478 e. The summed E-state index contributed by atoms with van der Waals surface area (Å²) in [5, 5.41) is 11.3. The van der Waals surface area contributed by atoms with Gasteiger partial charge in [-0.15, -0.1) is 0 Å². The first-order valence-corrected chi connectivity index (χ1v) is 6.23. The molecule has 0 radical (unpaired) electrons. The number of nitrogens with one attached hydrogen (secondary N) is 1. The van der Waals surface area contributed by atoms with Crippen molar-refractivity contribution in [3.05, 3.63) is 58.1 Å². The molecule has 0 spiro atoms. The summed E-state index contributed by atoms with van der Waals surface area (Å²) in [4.78, 5) is 26.0. The average Bonchev–Trinajstić information content (AvgIpc) is 2.41. The lowest BCUT2D eigenvalue weighted by molar-refractivity contribution is 0.0696. The Morgan fingerprint density at radius 2 is 2.05 bits per heavy atom. The van der Waals surface area contributed by atoms with Crippen molar-refractivity contribution < 1.29 is 19.1 Å². The van der Waals surface area contributed by atoms with Gasteiger partial charge in [-0.3, -0.25) is 4.79 Å². The van der Waals surface area contributed by atoms with E-state index in [-0.39, 0.29) is 11.1 Å². The van der Waals surface area contributed by atoms with Crippen LogP contribution in [0.4, 0.5) is 10.1 Å². The molecule has 7 heteroatoms. The Kier molecular flexibility index (Phi) is 4.09. The topological polar surface area (TPSA) is 79.3 Å². The third-order valence-corrected chi connectivity index (χ3v) is 3.12. The predicted molar refractivity (Wildman–Crippen MR) is 73.2 cm³/mol. The lowest BCUT2D eigenvalue weighted by Gasteiger charge is -2.08. The van der Waals surface area contributed by atoms with Crippen LogP contribution in [-0.2, 0) is 0 Å². The first-order chi connectivity index (χ1) is 9.49. The van der Waals surface area contributed by atoms with E-state index < -0.39 is 17.8 Å². The lowest BCUT2D eigenvalue weighted by atomic mass is 10.2. The van der Waals surface area contributed by atoms with Gasteiger partial charge < -0.3 is 10.4 Å². The normalized spacial score (nSPS) is 10.1. The zero-order valence-corrected chi connectivity index (χ0v) is 11.5. The lowest BCUT2D eigenvalue weighted by Crippen LogP contribution is -2.15. The summed E-state index contributed by atoms with van der Waals surface area (Å²) in [6, 6.07) is 6.84. The summed E-state index contributed by atoms with van der Waals surface area (Å²) in [5.74, 6) is -2.62. The molecule has 20 heavy (non-hydrogen) atoms. The molecular weight excluding hydrogens is 331 g/mol. The van der Waals surface area contributed by atoms with E-state index in [4.69, 9.17) is 5.11 Å².